The summed E-state index contributed by atoms with van der Waals surface area (Å²) in [6, 6.07) is -0.316. The Morgan fingerprint density at radius 2 is 1.83 bits per heavy atom. The van der Waals surface area contributed by atoms with Crippen LogP contribution in [0.1, 0.15) is 27.7 Å². The molecule has 1 aliphatic rings. The Morgan fingerprint density at radius 1 is 1.28 bits per heavy atom. The summed E-state index contributed by atoms with van der Waals surface area (Å²) in [4.78, 5) is 26.9. The number of carbonyl (C=O) groups excluding carboxylic acids is 1. The normalized spacial score (nSPS) is 20.6. The van der Waals surface area contributed by atoms with Crippen molar-refractivity contribution in [2.75, 3.05) is 26.7 Å². The van der Waals surface area contributed by atoms with Gasteiger partial charge in [0.05, 0.1) is 0 Å². The van der Waals surface area contributed by atoms with E-state index in [9.17, 15) is 9.59 Å². The fraction of sp³-hybridized carbons (Fsp3) is 0.833. The van der Waals surface area contributed by atoms with E-state index >= 15 is 0 Å². The molecule has 1 fully saturated rings. The predicted molar refractivity (Wildman–Crippen MR) is 68.5 cm³/mol. The largest absolute Gasteiger partial charge is 0.480 e. The Bertz CT molecular complexity index is 352. The summed E-state index contributed by atoms with van der Waals surface area (Å²) in [7, 11) is 2.02. The third-order valence-electron chi connectivity index (χ3n) is 3.56. The number of urea groups is 1. The Morgan fingerprint density at radius 3 is 2.28 bits per heavy atom. The first-order valence-electron chi connectivity index (χ1n) is 6.08. The molecule has 1 saturated heterocycles. The second-order valence-electron chi connectivity index (χ2n) is 6.02. The van der Waals surface area contributed by atoms with Crippen LogP contribution >= 0.6 is 0 Å². The van der Waals surface area contributed by atoms with Crippen molar-refractivity contribution in [1.82, 2.24) is 15.1 Å². The van der Waals surface area contributed by atoms with Gasteiger partial charge in [0.1, 0.15) is 5.54 Å². The molecule has 0 spiro atoms. The number of hydrogen-bond acceptors (Lipinski definition) is 3. The molecule has 1 heterocycles. The number of likely N-dealkylation sites (N-methyl/N-ethyl adjacent to an activating group) is 1. The zero-order valence-electron chi connectivity index (χ0n) is 11.8. The minimum atomic E-state index is -1.25. The molecule has 1 aliphatic heterocycles. The molecule has 1 rings (SSSR count). The summed E-state index contributed by atoms with van der Waals surface area (Å²) in [5.41, 5.74) is -1.34. The van der Waals surface area contributed by atoms with Crippen LogP contribution in [0.4, 0.5) is 4.79 Å². The first-order valence-corrected chi connectivity index (χ1v) is 6.08. The van der Waals surface area contributed by atoms with E-state index in [-0.39, 0.29) is 11.6 Å². The molecule has 0 aromatic rings. The SMILES string of the molecule is CN1CCN(C(=O)NC(C)(C)C(=O)O)CC1(C)C. The van der Waals surface area contributed by atoms with Crippen LogP contribution in [0.15, 0.2) is 0 Å². The standard InChI is InChI=1S/C12H23N3O3/c1-11(2)8-15(7-6-14(11)5)10(18)13-12(3,4)9(16)17/h6-8H2,1-5H3,(H,13,18)(H,16,17). The summed E-state index contributed by atoms with van der Waals surface area (Å²) in [5.74, 6) is -1.04. The fourth-order valence-electron chi connectivity index (χ4n) is 1.81. The number of piperazine rings is 1. The van der Waals surface area contributed by atoms with Crippen LogP contribution in [0.25, 0.3) is 0 Å². The summed E-state index contributed by atoms with van der Waals surface area (Å²) in [5, 5.41) is 11.5. The maximum atomic E-state index is 12.0. The van der Waals surface area contributed by atoms with Gasteiger partial charge in [0.25, 0.3) is 0 Å². The molecule has 0 saturated carbocycles. The molecule has 0 aromatic carbocycles. The molecule has 0 aliphatic carbocycles. The van der Waals surface area contributed by atoms with Gasteiger partial charge >= 0.3 is 12.0 Å². The van der Waals surface area contributed by atoms with Crippen LogP contribution in [-0.4, -0.2) is 64.7 Å². The Labute approximate surface area is 108 Å². The third-order valence-corrected chi connectivity index (χ3v) is 3.56. The van der Waals surface area contributed by atoms with Gasteiger partial charge in [-0.3, -0.25) is 4.90 Å². The zero-order valence-corrected chi connectivity index (χ0v) is 11.8. The van der Waals surface area contributed by atoms with E-state index in [1.165, 1.54) is 13.8 Å². The highest BCUT2D eigenvalue weighted by Crippen LogP contribution is 2.19. The van der Waals surface area contributed by atoms with Crippen LogP contribution in [0.5, 0.6) is 0 Å². The Hall–Kier alpha value is -1.30. The monoisotopic (exact) mass is 257 g/mol. The number of aliphatic carboxylic acids is 1. The molecule has 0 radical (unpaired) electrons. The lowest BCUT2D eigenvalue weighted by atomic mass is 10.00. The number of nitrogens with one attached hydrogen (secondary N) is 1. The van der Waals surface area contributed by atoms with E-state index < -0.39 is 11.5 Å². The summed E-state index contributed by atoms with van der Waals surface area (Å²) >= 11 is 0. The van der Waals surface area contributed by atoms with Crippen molar-refractivity contribution < 1.29 is 14.7 Å². The van der Waals surface area contributed by atoms with Gasteiger partial charge < -0.3 is 15.3 Å². The third kappa shape index (κ3) is 3.13. The molecule has 0 aromatic heterocycles. The topological polar surface area (TPSA) is 72.9 Å². The quantitative estimate of drug-likeness (QED) is 0.759. The molecule has 2 amide bonds. The number of carboxylic acids is 1. The first-order chi connectivity index (χ1) is 8.06. The van der Waals surface area contributed by atoms with Gasteiger partial charge in [-0.2, -0.15) is 0 Å². The van der Waals surface area contributed by atoms with Crippen LogP contribution in [-0.2, 0) is 4.79 Å². The lowest BCUT2D eigenvalue weighted by Gasteiger charge is -2.45. The van der Waals surface area contributed by atoms with Crippen molar-refractivity contribution >= 4 is 12.0 Å². The van der Waals surface area contributed by atoms with Gasteiger partial charge in [-0.25, -0.2) is 9.59 Å². The van der Waals surface area contributed by atoms with Gasteiger partial charge in [0.15, 0.2) is 0 Å². The summed E-state index contributed by atoms with van der Waals surface area (Å²) < 4.78 is 0. The average molecular weight is 257 g/mol. The number of amides is 2. The number of nitrogens with zero attached hydrogens (tertiary/aromatic N) is 2. The molecule has 0 bridgehead atoms. The Balaban J connectivity index is 2.67. The van der Waals surface area contributed by atoms with Crippen molar-refractivity contribution in [3.63, 3.8) is 0 Å². The summed E-state index contributed by atoms with van der Waals surface area (Å²) in [6.07, 6.45) is 0. The second-order valence-corrected chi connectivity index (χ2v) is 6.02. The van der Waals surface area contributed by atoms with E-state index in [0.29, 0.717) is 13.1 Å². The number of rotatable bonds is 2. The van der Waals surface area contributed by atoms with Crippen molar-refractivity contribution in [2.45, 2.75) is 38.8 Å². The van der Waals surface area contributed by atoms with Crippen LogP contribution in [0.3, 0.4) is 0 Å². The highest BCUT2D eigenvalue weighted by Gasteiger charge is 2.36. The van der Waals surface area contributed by atoms with Gasteiger partial charge in [-0.1, -0.05) is 0 Å². The maximum absolute atomic E-state index is 12.0. The molecule has 6 nitrogen and oxygen atoms in total. The first kappa shape index (κ1) is 14.8. The number of hydrogen-bond donors (Lipinski definition) is 2. The van der Waals surface area contributed by atoms with Crippen LogP contribution in [0, 0.1) is 0 Å². The van der Waals surface area contributed by atoms with Crippen molar-refractivity contribution in [1.29, 1.82) is 0 Å². The van der Waals surface area contributed by atoms with Gasteiger partial charge in [0.2, 0.25) is 0 Å². The van der Waals surface area contributed by atoms with Crippen LogP contribution in [0.2, 0.25) is 0 Å². The van der Waals surface area contributed by atoms with Gasteiger partial charge in [-0.15, -0.1) is 0 Å². The molecule has 2 N–H and O–H groups in total. The number of carbonyl (C=O) groups is 2. The average Bonchev–Trinajstić information content (AvgIpc) is 2.21. The van der Waals surface area contributed by atoms with Crippen LogP contribution < -0.4 is 5.32 Å². The molecular weight excluding hydrogens is 234 g/mol. The van der Waals surface area contributed by atoms with Gasteiger partial charge in [-0.05, 0) is 34.7 Å². The van der Waals surface area contributed by atoms with E-state index in [4.69, 9.17) is 5.11 Å². The van der Waals surface area contributed by atoms with E-state index in [2.05, 4.69) is 24.1 Å². The van der Waals surface area contributed by atoms with E-state index in [1.807, 2.05) is 7.05 Å². The van der Waals surface area contributed by atoms with Gasteiger partial charge in [0, 0.05) is 25.2 Å². The fourth-order valence-corrected chi connectivity index (χ4v) is 1.81. The molecule has 104 valence electrons. The van der Waals surface area contributed by atoms with Crippen molar-refractivity contribution in [2.24, 2.45) is 0 Å². The van der Waals surface area contributed by atoms with Crippen molar-refractivity contribution in [3.05, 3.63) is 0 Å². The highest BCUT2D eigenvalue weighted by atomic mass is 16.4. The van der Waals surface area contributed by atoms with E-state index in [1.54, 1.807) is 4.90 Å². The van der Waals surface area contributed by atoms with E-state index in [0.717, 1.165) is 6.54 Å². The predicted octanol–water partition coefficient (Wildman–Crippen LogP) is 0.585. The smallest absolute Gasteiger partial charge is 0.328 e. The van der Waals surface area contributed by atoms with Crippen molar-refractivity contribution in [3.8, 4) is 0 Å². The lowest BCUT2D eigenvalue weighted by molar-refractivity contribution is -0.143. The molecule has 0 unspecified atom stereocenters. The highest BCUT2D eigenvalue weighted by molar-refractivity contribution is 5.85. The minimum absolute atomic E-state index is 0.0943. The maximum Gasteiger partial charge on any atom is 0.328 e. The Kier molecular flexibility index (Phi) is 3.90. The molecule has 18 heavy (non-hydrogen) atoms. The zero-order chi connectivity index (χ0) is 14.1. The minimum Gasteiger partial charge on any atom is -0.480 e. The molecule has 0 atom stereocenters. The molecular formula is C12H23N3O3. The molecule has 6 heteroatoms. The summed E-state index contributed by atoms with van der Waals surface area (Å²) in [6.45, 7) is 9.08. The lowest BCUT2D eigenvalue weighted by Crippen LogP contribution is -2.63. The number of carboxylic acid groups (broad SMARTS) is 1. The second kappa shape index (κ2) is 4.76.